The third-order valence-corrected chi connectivity index (χ3v) is 5.59. The number of hydrogen-bond donors (Lipinski definition) is 3. The second-order valence-corrected chi connectivity index (χ2v) is 8.35. The normalized spacial score (nSPS) is 30.9. The summed E-state index contributed by atoms with van der Waals surface area (Å²) in [4.78, 5) is 25.1. The van der Waals surface area contributed by atoms with Crippen molar-refractivity contribution < 1.29 is 28.4 Å². The summed E-state index contributed by atoms with van der Waals surface area (Å²) in [5.41, 5.74) is -3.81. The average Bonchev–Trinajstić information content (AvgIpc) is 2.82. The van der Waals surface area contributed by atoms with E-state index in [0.29, 0.717) is 5.75 Å². The summed E-state index contributed by atoms with van der Waals surface area (Å²) in [5, 5.41) is 20.8. The summed E-state index contributed by atoms with van der Waals surface area (Å²) in [6.45, 7) is 0.269. The molecule has 3 rings (SSSR count). The highest BCUT2D eigenvalue weighted by atomic mass is 32.4. The molecule has 0 radical (unpaired) electrons. The number of aliphatic hydroxyl groups excluding tert-OH is 1. The minimum Gasteiger partial charge on any atom is -0.446 e. The molecule has 0 bridgehead atoms. The Bertz CT molecular complexity index is 983. The maximum atomic E-state index is 15.2. The Hall–Kier alpha value is -1.88. The highest BCUT2D eigenvalue weighted by Crippen LogP contribution is 2.46. The fourth-order valence-electron chi connectivity index (χ4n) is 2.78. The Kier molecular flexibility index (Phi) is 5.85. The van der Waals surface area contributed by atoms with Gasteiger partial charge in [0.1, 0.15) is 24.1 Å². The largest absolute Gasteiger partial charge is 0.446 e. The van der Waals surface area contributed by atoms with E-state index in [1.807, 2.05) is 4.98 Å². The third kappa shape index (κ3) is 4.09. The van der Waals surface area contributed by atoms with Crippen LogP contribution in [0.2, 0.25) is 0 Å². The standard InChI is InChI=1S/C16H18FN2O7PS/c1-15(23)12(21)16(17,9-24-27(28)26-10-5-3-2-4-6-10)25-13(15)19-8-7-11(20)18-14(19)22/h2-8,12-13,21,23,27H,9H2,1H3,(H,18,20,22)/t12-,13+,15+,16+/m0/s1. The van der Waals surface area contributed by atoms with Crippen LogP contribution in [0.4, 0.5) is 4.39 Å². The van der Waals surface area contributed by atoms with Gasteiger partial charge in [0.25, 0.3) is 11.4 Å². The molecule has 9 nitrogen and oxygen atoms in total. The summed E-state index contributed by atoms with van der Waals surface area (Å²) in [6.07, 6.45) is -2.65. The SMILES string of the molecule is C[C@]1(O)[C@H](n2ccc(=O)[nH]c2=O)O[C@](F)(CO[PH](=S)Oc2ccccc2)[C@H]1O. The summed E-state index contributed by atoms with van der Waals surface area (Å²) in [5.74, 6) is -2.42. The van der Waals surface area contributed by atoms with Crippen LogP contribution in [0, 0.1) is 0 Å². The molecule has 0 saturated carbocycles. The zero-order chi connectivity index (χ0) is 20.5. The molecule has 1 aromatic carbocycles. The number of rotatable bonds is 6. The molecular formula is C16H18FN2O7PS. The molecule has 1 aliphatic rings. The second-order valence-electron chi connectivity index (χ2n) is 6.36. The number of benzene rings is 1. The van der Waals surface area contributed by atoms with Gasteiger partial charge in [-0.2, -0.15) is 0 Å². The van der Waals surface area contributed by atoms with E-state index in [1.165, 1.54) is 0 Å². The predicted octanol–water partition coefficient (Wildman–Crippen LogP) is 0.445. The highest BCUT2D eigenvalue weighted by molar-refractivity contribution is 8.00. The first-order valence-corrected chi connectivity index (χ1v) is 10.6. The number of aliphatic hydroxyl groups is 2. The van der Waals surface area contributed by atoms with Crippen molar-refractivity contribution in [3.05, 3.63) is 63.4 Å². The van der Waals surface area contributed by atoms with Crippen LogP contribution < -0.4 is 15.8 Å². The molecule has 0 amide bonds. The van der Waals surface area contributed by atoms with Gasteiger partial charge in [0.15, 0.2) is 6.23 Å². The van der Waals surface area contributed by atoms with E-state index in [-0.39, 0.29) is 0 Å². The average molecular weight is 432 g/mol. The summed E-state index contributed by atoms with van der Waals surface area (Å²) >= 11 is 5.05. The van der Waals surface area contributed by atoms with Crippen LogP contribution in [0.15, 0.2) is 52.2 Å². The fraction of sp³-hybridized carbons (Fsp3) is 0.375. The van der Waals surface area contributed by atoms with E-state index >= 15 is 4.39 Å². The summed E-state index contributed by atoms with van der Waals surface area (Å²) < 4.78 is 31.7. The summed E-state index contributed by atoms with van der Waals surface area (Å²) in [6, 6.07) is 9.53. The van der Waals surface area contributed by atoms with E-state index in [9.17, 15) is 19.8 Å². The second kappa shape index (κ2) is 7.86. The van der Waals surface area contributed by atoms with Gasteiger partial charge in [-0.25, -0.2) is 9.18 Å². The molecule has 0 spiro atoms. The van der Waals surface area contributed by atoms with Gasteiger partial charge in [0.2, 0.25) is 7.15 Å². The van der Waals surface area contributed by atoms with Crippen molar-refractivity contribution in [2.24, 2.45) is 0 Å². The van der Waals surface area contributed by atoms with Gasteiger partial charge in [-0.3, -0.25) is 14.3 Å². The molecule has 2 heterocycles. The first kappa shape index (κ1) is 20.8. The van der Waals surface area contributed by atoms with Crippen LogP contribution in [0.1, 0.15) is 13.2 Å². The molecule has 2 aromatic rings. The maximum absolute atomic E-state index is 15.2. The number of H-pyrrole nitrogens is 1. The smallest absolute Gasteiger partial charge is 0.330 e. The Morgan fingerprint density at radius 2 is 2.04 bits per heavy atom. The van der Waals surface area contributed by atoms with Crippen LogP contribution in [0.3, 0.4) is 0 Å². The number of alkyl halides is 1. The van der Waals surface area contributed by atoms with Crippen LogP contribution in [0.5, 0.6) is 5.75 Å². The number of nitrogens with zero attached hydrogens (tertiary/aromatic N) is 1. The van der Waals surface area contributed by atoms with Crippen molar-refractivity contribution >= 4 is 19.0 Å². The number of aromatic amines is 1. The number of aromatic nitrogens is 2. The highest BCUT2D eigenvalue weighted by Gasteiger charge is 2.63. The van der Waals surface area contributed by atoms with Gasteiger partial charge in [-0.1, -0.05) is 18.2 Å². The van der Waals surface area contributed by atoms with Crippen LogP contribution >= 0.6 is 7.15 Å². The quantitative estimate of drug-likeness (QED) is 0.563. The monoisotopic (exact) mass is 432 g/mol. The van der Waals surface area contributed by atoms with Gasteiger partial charge in [-0.05, 0) is 30.9 Å². The number of hydrogen-bond acceptors (Lipinski definition) is 8. The lowest BCUT2D eigenvalue weighted by Crippen LogP contribution is -2.49. The maximum Gasteiger partial charge on any atom is 0.330 e. The number of ether oxygens (including phenoxy) is 1. The van der Waals surface area contributed by atoms with Crippen LogP contribution in [-0.4, -0.2) is 43.9 Å². The molecule has 12 heteroatoms. The molecule has 1 unspecified atom stereocenters. The zero-order valence-electron chi connectivity index (χ0n) is 14.6. The van der Waals surface area contributed by atoms with Crippen molar-refractivity contribution in [1.82, 2.24) is 9.55 Å². The van der Waals surface area contributed by atoms with E-state index in [0.717, 1.165) is 23.8 Å². The minimum atomic E-state index is -2.86. The molecule has 5 atom stereocenters. The molecule has 0 aliphatic carbocycles. The fourth-order valence-corrected chi connectivity index (χ4v) is 3.94. The predicted molar refractivity (Wildman–Crippen MR) is 101 cm³/mol. The van der Waals surface area contributed by atoms with E-state index < -0.39 is 48.8 Å². The molecule has 152 valence electrons. The van der Waals surface area contributed by atoms with Gasteiger partial charge >= 0.3 is 5.69 Å². The molecule has 1 fully saturated rings. The van der Waals surface area contributed by atoms with Crippen molar-refractivity contribution in [1.29, 1.82) is 0 Å². The number of para-hydroxylation sites is 1. The molecule has 1 saturated heterocycles. The van der Waals surface area contributed by atoms with Gasteiger partial charge in [0, 0.05) is 12.3 Å². The number of halogens is 1. The van der Waals surface area contributed by atoms with Crippen LogP contribution in [0.25, 0.3) is 0 Å². The molecule has 1 aromatic heterocycles. The van der Waals surface area contributed by atoms with Crippen LogP contribution in [-0.2, 0) is 21.1 Å². The van der Waals surface area contributed by atoms with E-state index in [2.05, 4.69) is 0 Å². The first-order valence-electron chi connectivity index (χ1n) is 8.12. The number of nitrogens with one attached hydrogen (secondary N) is 1. The van der Waals surface area contributed by atoms with Gasteiger partial charge in [0.05, 0.1) is 0 Å². The Balaban J connectivity index is 1.75. The lowest BCUT2D eigenvalue weighted by Gasteiger charge is -2.27. The van der Waals surface area contributed by atoms with Crippen molar-refractivity contribution in [2.45, 2.75) is 30.7 Å². The molecule has 1 aliphatic heterocycles. The molecule has 3 N–H and O–H groups in total. The lowest BCUT2D eigenvalue weighted by atomic mass is 9.95. The third-order valence-electron chi connectivity index (χ3n) is 4.20. The topological polar surface area (TPSA) is 123 Å². The minimum absolute atomic E-state index is 0.442. The Morgan fingerprint density at radius 3 is 2.68 bits per heavy atom. The van der Waals surface area contributed by atoms with E-state index in [1.54, 1.807) is 30.3 Å². The van der Waals surface area contributed by atoms with Crippen molar-refractivity contribution in [2.75, 3.05) is 6.61 Å². The van der Waals surface area contributed by atoms with Crippen molar-refractivity contribution in [3.8, 4) is 5.75 Å². The zero-order valence-corrected chi connectivity index (χ0v) is 16.4. The lowest BCUT2D eigenvalue weighted by molar-refractivity contribution is -0.202. The summed E-state index contributed by atoms with van der Waals surface area (Å²) in [7, 11) is -2.37. The molecular weight excluding hydrogens is 414 g/mol. The Morgan fingerprint density at radius 1 is 1.36 bits per heavy atom. The molecule has 28 heavy (non-hydrogen) atoms. The van der Waals surface area contributed by atoms with Gasteiger partial charge < -0.3 is 24.0 Å². The first-order chi connectivity index (χ1) is 13.1. The Labute approximate surface area is 163 Å². The van der Waals surface area contributed by atoms with E-state index in [4.69, 9.17) is 25.6 Å². The van der Waals surface area contributed by atoms with Crippen molar-refractivity contribution in [3.63, 3.8) is 0 Å². The van der Waals surface area contributed by atoms with Gasteiger partial charge in [-0.15, -0.1) is 0 Å².